The molecule has 0 unspecified atom stereocenters. The summed E-state index contributed by atoms with van der Waals surface area (Å²) in [4.78, 5) is 28.3. The second-order valence-electron chi connectivity index (χ2n) is 6.07. The maximum Gasteiger partial charge on any atom is 0.358 e. The van der Waals surface area contributed by atoms with Crippen LogP contribution in [0.2, 0.25) is 0 Å². The Morgan fingerprint density at radius 2 is 1.93 bits per heavy atom. The molecule has 0 aliphatic carbocycles. The SMILES string of the molecule is O=C(COC(=O)c1csc(NCc2ccccc2)n1)Nc1ccc2c(c1)OCO2. The predicted molar refractivity (Wildman–Crippen MR) is 107 cm³/mol. The molecule has 0 atom stereocenters. The van der Waals surface area contributed by atoms with Crippen molar-refractivity contribution in [3.63, 3.8) is 0 Å². The number of ether oxygens (including phenoxy) is 3. The average Bonchev–Trinajstić information content (AvgIpc) is 3.40. The largest absolute Gasteiger partial charge is 0.454 e. The number of fused-ring (bicyclic) bond motifs is 1. The van der Waals surface area contributed by atoms with Gasteiger partial charge in [0.2, 0.25) is 6.79 Å². The van der Waals surface area contributed by atoms with Gasteiger partial charge < -0.3 is 24.8 Å². The highest BCUT2D eigenvalue weighted by molar-refractivity contribution is 7.13. The molecule has 2 N–H and O–H groups in total. The van der Waals surface area contributed by atoms with Crippen LogP contribution < -0.4 is 20.1 Å². The maximum absolute atomic E-state index is 12.1. The fourth-order valence-corrected chi connectivity index (χ4v) is 3.28. The Labute approximate surface area is 170 Å². The number of anilines is 2. The minimum atomic E-state index is -0.658. The molecule has 9 heteroatoms. The minimum Gasteiger partial charge on any atom is -0.454 e. The topological polar surface area (TPSA) is 98.8 Å². The van der Waals surface area contributed by atoms with Crippen molar-refractivity contribution in [1.82, 2.24) is 4.98 Å². The first-order chi connectivity index (χ1) is 14.2. The second kappa shape index (κ2) is 8.61. The Hall–Kier alpha value is -3.59. The summed E-state index contributed by atoms with van der Waals surface area (Å²) >= 11 is 1.30. The third-order valence-corrected chi connectivity index (χ3v) is 4.79. The lowest BCUT2D eigenvalue weighted by atomic mass is 10.2. The summed E-state index contributed by atoms with van der Waals surface area (Å²) < 4.78 is 15.5. The van der Waals surface area contributed by atoms with E-state index in [0.717, 1.165) is 5.56 Å². The van der Waals surface area contributed by atoms with E-state index >= 15 is 0 Å². The van der Waals surface area contributed by atoms with E-state index in [1.807, 2.05) is 30.3 Å². The van der Waals surface area contributed by atoms with Crippen LogP contribution in [0.15, 0.2) is 53.9 Å². The van der Waals surface area contributed by atoms with Gasteiger partial charge in [-0.2, -0.15) is 0 Å². The molecule has 0 saturated heterocycles. The summed E-state index contributed by atoms with van der Waals surface area (Å²) in [6.07, 6.45) is 0. The first-order valence-corrected chi connectivity index (χ1v) is 9.65. The number of nitrogens with one attached hydrogen (secondary N) is 2. The molecule has 0 fully saturated rings. The molecule has 4 rings (SSSR count). The number of benzene rings is 2. The quantitative estimate of drug-likeness (QED) is 0.576. The van der Waals surface area contributed by atoms with Gasteiger partial charge in [-0.3, -0.25) is 4.79 Å². The smallest absolute Gasteiger partial charge is 0.358 e. The number of carbonyl (C=O) groups is 2. The van der Waals surface area contributed by atoms with Gasteiger partial charge in [-0.1, -0.05) is 30.3 Å². The first kappa shape index (κ1) is 18.8. The van der Waals surface area contributed by atoms with Crippen LogP contribution in [0.3, 0.4) is 0 Å². The van der Waals surface area contributed by atoms with Crippen molar-refractivity contribution in [2.45, 2.75) is 6.54 Å². The van der Waals surface area contributed by atoms with Gasteiger partial charge in [-0.15, -0.1) is 11.3 Å². The van der Waals surface area contributed by atoms with Crippen molar-refractivity contribution in [2.75, 3.05) is 24.0 Å². The molecule has 1 aliphatic heterocycles. The monoisotopic (exact) mass is 411 g/mol. The van der Waals surface area contributed by atoms with Gasteiger partial charge in [-0.05, 0) is 17.7 Å². The molecule has 1 aliphatic rings. The Bertz CT molecular complexity index is 1020. The average molecular weight is 411 g/mol. The van der Waals surface area contributed by atoms with Crippen LogP contribution in [-0.4, -0.2) is 30.3 Å². The first-order valence-electron chi connectivity index (χ1n) is 8.77. The highest BCUT2D eigenvalue weighted by Gasteiger charge is 2.16. The van der Waals surface area contributed by atoms with Crippen molar-refractivity contribution in [3.8, 4) is 11.5 Å². The van der Waals surface area contributed by atoms with Crippen molar-refractivity contribution < 1.29 is 23.8 Å². The molecule has 0 saturated carbocycles. The fourth-order valence-electron chi connectivity index (χ4n) is 2.60. The molecular formula is C20H17N3O5S. The van der Waals surface area contributed by atoms with Gasteiger partial charge in [0.15, 0.2) is 28.9 Å². The number of carbonyl (C=O) groups excluding carboxylic acids is 2. The van der Waals surface area contributed by atoms with Gasteiger partial charge >= 0.3 is 5.97 Å². The molecule has 2 heterocycles. The van der Waals surface area contributed by atoms with Crippen LogP contribution >= 0.6 is 11.3 Å². The van der Waals surface area contributed by atoms with E-state index in [4.69, 9.17) is 14.2 Å². The Morgan fingerprint density at radius 3 is 2.79 bits per heavy atom. The van der Waals surface area contributed by atoms with Crippen molar-refractivity contribution >= 4 is 34.0 Å². The van der Waals surface area contributed by atoms with Crippen LogP contribution in [0.25, 0.3) is 0 Å². The Kier molecular flexibility index (Phi) is 5.57. The van der Waals surface area contributed by atoms with E-state index < -0.39 is 18.5 Å². The van der Waals surface area contributed by atoms with E-state index in [1.165, 1.54) is 11.3 Å². The lowest BCUT2D eigenvalue weighted by Crippen LogP contribution is -2.21. The van der Waals surface area contributed by atoms with Gasteiger partial charge in [0, 0.05) is 23.7 Å². The fraction of sp³-hybridized carbons (Fsp3) is 0.150. The molecule has 0 radical (unpaired) electrons. The normalized spacial score (nSPS) is 11.7. The molecule has 1 amide bonds. The maximum atomic E-state index is 12.1. The van der Waals surface area contributed by atoms with Crippen LogP contribution in [0.1, 0.15) is 16.1 Å². The number of hydrogen-bond acceptors (Lipinski definition) is 8. The zero-order valence-corrected chi connectivity index (χ0v) is 16.0. The molecule has 3 aromatic rings. The molecule has 0 spiro atoms. The minimum absolute atomic E-state index is 0.153. The number of esters is 1. The number of aromatic nitrogens is 1. The van der Waals surface area contributed by atoms with Crippen LogP contribution in [0, 0.1) is 0 Å². The van der Waals surface area contributed by atoms with E-state index in [9.17, 15) is 9.59 Å². The summed E-state index contributed by atoms with van der Waals surface area (Å²) in [6, 6.07) is 14.9. The van der Waals surface area contributed by atoms with Crippen LogP contribution in [0.5, 0.6) is 11.5 Å². The zero-order chi connectivity index (χ0) is 20.1. The number of thiazole rings is 1. The highest BCUT2D eigenvalue weighted by atomic mass is 32.1. The molecule has 29 heavy (non-hydrogen) atoms. The van der Waals surface area contributed by atoms with E-state index in [-0.39, 0.29) is 12.5 Å². The van der Waals surface area contributed by atoms with Crippen molar-refractivity contribution in [1.29, 1.82) is 0 Å². The summed E-state index contributed by atoms with van der Waals surface area (Å²) in [5.41, 5.74) is 1.78. The van der Waals surface area contributed by atoms with Crippen molar-refractivity contribution in [2.24, 2.45) is 0 Å². The number of rotatable bonds is 7. The zero-order valence-electron chi connectivity index (χ0n) is 15.2. The molecule has 148 valence electrons. The summed E-state index contributed by atoms with van der Waals surface area (Å²) in [5.74, 6) is 0.0529. The molecule has 1 aromatic heterocycles. The Balaban J connectivity index is 1.25. The summed E-state index contributed by atoms with van der Waals surface area (Å²) in [5, 5.41) is 7.98. The van der Waals surface area contributed by atoms with E-state index in [0.29, 0.717) is 28.9 Å². The standard InChI is InChI=1S/C20H17N3O5S/c24-18(22-14-6-7-16-17(8-14)28-12-27-16)10-26-19(25)15-11-29-20(23-15)21-9-13-4-2-1-3-5-13/h1-8,11H,9-10,12H2,(H,21,23)(H,22,24). The van der Waals surface area contributed by atoms with Crippen LogP contribution in [-0.2, 0) is 16.1 Å². The molecule has 0 bridgehead atoms. The summed E-state index contributed by atoms with van der Waals surface area (Å²) in [7, 11) is 0. The predicted octanol–water partition coefficient (Wildman–Crippen LogP) is 3.28. The molecule has 8 nitrogen and oxygen atoms in total. The number of nitrogens with zero attached hydrogens (tertiary/aromatic N) is 1. The lowest BCUT2D eigenvalue weighted by Gasteiger charge is -2.06. The molecule has 2 aromatic carbocycles. The van der Waals surface area contributed by atoms with E-state index in [2.05, 4.69) is 15.6 Å². The third kappa shape index (κ3) is 4.82. The highest BCUT2D eigenvalue weighted by Crippen LogP contribution is 2.34. The molecular weight excluding hydrogens is 394 g/mol. The third-order valence-electron chi connectivity index (χ3n) is 3.99. The van der Waals surface area contributed by atoms with Gasteiger partial charge in [0.25, 0.3) is 5.91 Å². The number of amides is 1. The number of hydrogen-bond donors (Lipinski definition) is 2. The van der Waals surface area contributed by atoms with Crippen LogP contribution in [0.4, 0.5) is 10.8 Å². The Morgan fingerprint density at radius 1 is 1.10 bits per heavy atom. The van der Waals surface area contributed by atoms with Gasteiger partial charge in [0.05, 0.1) is 0 Å². The second-order valence-corrected chi connectivity index (χ2v) is 6.93. The van der Waals surface area contributed by atoms with E-state index in [1.54, 1.807) is 23.6 Å². The van der Waals surface area contributed by atoms with Gasteiger partial charge in [-0.25, -0.2) is 9.78 Å². The van der Waals surface area contributed by atoms with Crippen molar-refractivity contribution in [3.05, 3.63) is 65.2 Å². The van der Waals surface area contributed by atoms with Gasteiger partial charge in [0.1, 0.15) is 0 Å². The lowest BCUT2D eigenvalue weighted by molar-refractivity contribution is -0.119. The summed E-state index contributed by atoms with van der Waals surface area (Å²) in [6.45, 7) is 0.332.